The van der Waals surface area contributed by atoms with Crippen LogP contribution >= 0.6 is 0 Å². The van der Waals surface area contributed by atoms with Crippen molar-refractivity contribution in [1.82, 2.24) is 0 Å². The van der Waals surface area contributed by atoms with Gasteiger partial charge in [0.1, 0.15) is 5.56 Å². The van der Waals surface area contributed by atoms with Crippen molar-refractivity contribution < 1.29 is 24.6 Å². The fourth-order valence-corrected chi connectivity index (χ4v) is 1.52. The Hall–Kier alpha value is -2.63. The Bertz CT molecular complexity index is 543. The molecular formula is C11H7NO5. The van der Waals surface area contributed by atoms with Crippen LogP contribution in [-0.4, -0.2) is 28.0 Å². The van der Waals surface area contributed by atoms with E-state index in [0.29, 0.717) is 4.90 Å². The highest BCUT2D eigenvalue weighted by Gasteiger charge is 2.28. The molecule has 1 aromatic rings. The Kier molecular flexibility index (Phi) is 2.40. The number of hydrogen-bond acceptors (Lipinski definition) is 4. The molecule has 0 bridgehead atoms. The summed E-state index contributed by atoms with van der Waals surface area (Å²) >= 11 is 0. The first-order chi connectivity index (χ1) is 8.02. The molecule has 2 N–H and O–H groups in total. The molecule has 6 heteroatoms. The van der Waals surface area contributed by atoms with Crippen LogP contribution in [0.3, 0.4) is 0 Å². The molecule has 0 aromatic heterocycles. The third kappa shape index (κ3) is 1.65. The smallest absolute Gasteiger partial charge is 0.339 e. The summed E-state index contributed by atoms with van der Waals surface area (Å²) in [7, 11) is 0. The molecule has 0 saturated carbocycles. The largest absolute Gasteiger partial charge is 0.505 e. The number of rotatable bonds is 2. The zero-order chi connectivity index (χ0) is 12.6. The number of benzene rings is 1. The van der Waals surface area contributed by atoms with Gasteiger partial charge >= 0.3 is 5.97 Å². The number of amides is 2. The number of aromatic carboxylic acids is 1. The van der Waals surface area contributed by atoms with Gasteiger partial charge in [0.25, 0.3) is 11.8 Å². The van der Waals surface area contributed by atoms with E-state index in [1.807, 2.05) is 0 Å². The van der Waals surface area contributed by atoms with E-state index in [2.05, 4.69) is 0 Å². The van der Waals surface area contributed by atoms with Gasteiger partial charge in [-0.15, -0.1) is 0 Å². The average molecular weight is 233 g/mol. The first-order valence-electron chi connectivity index (χ1n) is 4.64. The van der Waals surface area contributed by atoms with Crippen LogP contribution in [0.5, 0.6) is 5.75 Å². The van der Waals surface area contributed by atoms with E-state index in [0.717, 1.165) is 12.2 Å². The van der Waals surface area contributed by atoms with Crippen molar-refractivity contribution >= 4 is 23.5 Å². The maximum Gasteiger partial charge on any atom is 0.339 e. The van der Waals surface area contributed by atoms with Gasteiger partial charge in [0.15, 0.2) is 5.75 Å². The zero-order valence-corrected chi connectivity index (χ0v) is 8.45. The van der Waals surface area contributed by atoms with Gasteiger partial charge in [-0.05, 0) is 12.1 Å². The Morgan fingerprint density at radius 1 is 1.12 bits per heavy atom. The van der Waals surface area contributed by atoms with E-state index in [9.17, 15) is 19.5 Å². The Labute approximate surface area is 95.4 Å². The first kappa shape index (κ1) is 10.9. The molecule has 2 rings (SSSR count). The van der Waals surface area contributed by atoms with Crippen molar-refractivity contribution in [2.75, 3.05) is 4.90 Å². The second-order valence-electron chi connectivity index (χ2n) is 3.32. The minimum atomic E-state index is -1.34. The van der Waals surface area contributed by atoms with Gasteiger partial charge in [-0.25, -0.2) is 9.69 Å². The molecule has 2 amide bonds. The van der Waals surface area contributed by atoms with Crippen LogP contribution in [0.15, 0.2) is 30.4 Å². The fraction of sp³-hybridized carbons (Fsp3) is 0. The number of carbonyl (C=O) groups excluding carboxylic acids is 2. The molecule has 0 fully saturated rings. The summed E-state index contributed by atoms with van der Waals surface area (Å²) in [5.41, 5.74) is -0.500. The van der Waals surface area contributed by atoms with Crippen LogP contribution in [0.1, 0.15) is 10.4 Å². The lowest BCUT2D eigenvalue weighted by molar-refractivity contribution is -0.120. The van der Waals surface area contributed by atoms with Gasteiger partial charge in [0.05, 0.1) is 5.69 Å². The van der Waals surface area contributed by atoms with Gasteiger partial charge in [-0.3, -0.25) is 9.59 Å². The predicted molar refractivity (Wildman–Crippen MR) is 56.7 cm³/mol. The Balaban J connectivity index is 2.54. The zero-order valence-electron chi connectivity index (χ0n) is 8.45. The van der Waals surface area contributed by atoms with E-state index >= 15 is 0 Å². The van der Waals surface area contributed by atoms with E-state index in [1.54, 1.807) is 0 Å². The standard InChI is InChI=1S/C11H7NO5/c13-8-4-5-9(14)12(8)7-3-1-2-6(10(7)15)11(16)17/h1-5,15H,(H,16,17). The summed E-state index contributed by atoms with van der Waals surface area (Å²) in [6.07, 6.45) is 2.10. The number of para-hydroxylation sites is 1. The lowest BCUT2D eigenvalue weighted by Gasteiger charge is -2.16. The summed E-state index contributed by atoms with van der Waals surface area (Å²) in [4.78, 5) is 34.3. The van der Waals surface area contributed by atoms with Crippen molar-refractivity contribution in [3.8, 4) is 5.75 Å². The van der Waals surface area contributed by atoms with Crippen molar-refractivity contribution in [3.05, 3.63) is 35.9 Å². The molecule has 1 aliphatic rings. The third-order valence-electron chi connectivity index (χ3n) is 2.30. The van der Waals surface area contributed by atoms with E-state index in [1.165, 1.54) is 18.2 Å². The summed E-state index contributed by atoms with van der Waals surface area (Å²) in [5.74, 6) is -3.18. The number of hydrogen-bond donors (Lipinski definition) is 2. The minimum absolute atomic E-state index is 0.134. The number of nitrogens with zero attached hydrogens (tertiary/aromatic N) is 1. The van der Waals surface area contributed by atoms with Gasteiger partial charge in [-0.2, -0.15) is 0 Å². The number of phenols is 1. The van der Waals surface area contributed by atoms with Gasteiger partial charge < -0.3 is 10.2 Å². The van der Waals surface area contributed by atoms with Crippen LogP contribution in [0.2, 0.25) is 0 Å². The van der Waals surface area contributed by atoms with E-state index < -0.39 is 23.5 Å². The average Bonchev–Trinajstić information content (AvgIpc) is 2.59. The molecule has 1 aromatic carbocycles. The molecule has 17 heavy (non-hydrogen) atoms. The summed E-state index contributed by atoms with van der Waals surface area (Å²) < 4.78 is 0. The van der Waals surface area contributed by atoms with E-state index in [4.69, 9.17) is 5.11 Å². The van der Waals surface area contributed by atoms with Crippen LogP contribution in [0, 0.1) is 0 Å². The number of carboxylic acids is 1. The van der Waals surface area contributed by atoms with Crippen molar-refractivity contribution in [1.29, 1.82) is 0 Å². The van der Waals surface area contributed by atoms with Crippen LogP contribution in [0.4, 0.5) is 5.69 Å². The lowest BCUT2D eigenvalue weighted by atomic mass is 10.1. The number of anilines is 1. The highest BCUT2D eigenvalue weighted by atomic mass is 16.4. The summed E-state index contributed by atoms with van der Waals surface area (Å²) in [6.45, 7) is 0. The SMILES string of the molecule is O=C(O)c1cccc(N2C(=O)C=CC2=O)c1O. The lowest BCUT2D eigenvalue weighted by Crippen LogP contribution is -2.29. The second kappa shape index (κ2) is 3.75. The van der Waals surface area contributed by atoms with Crippen LogP contribution in [-0.2, 0) is 9.59 Å². The van der Waals surface area contributed by atoms with Crippen LogP contribution < -0.4 is 4.90 Å². The van der Waals surface area contributed by atoms with Gasteiger partial charge in [0, 0.05) is 12.2 Å². The summed E-state index contributed by atoms with van der Waals surface area (Å²) in [5, 5.41) is 18.5. The third-order valence-corrected chi connectivity index (χ3v) is 2.30. The maximum absolute atomic E-state index is 11.4. The molecule has 6 nitrogen and oxygen atoms in total. The van der Waals surface area contributed by atoms with Crippen LogP contribution in [0.25, 0.3) is 0 Å². The van der Waals surface area contributed by atoms with Crippen molar-refractivity contribution in [2.45, 2.75) is 0 Å². The number of carboxylic acid groups (broad SMARTS) is 1. The van der Waals surface area contributed by atoms with E-state index in [-0.39, 0.29) is 11.3 Å². The summed E-state index contributed by atoms with van der Waals surface area (Å²) in [6, 6.07) is 3.82. The fourth-order valence-electron chi connectivity index (χ4n) is 1.52. The Morgan fingerprint density at radius 2 is 1.71 bits per heavy atom. The van der Waals surface area contributed by atoms with Gasteiger partial charge in [0.2, 0.25) is 0 Å². The first-order valence-corrected chi connectivity index (χ1v) is 4.64. The van der Waals surface area contributed by atoms with Crippen molar-refractivity contribution in [2.24, 2.45) is 0 Å². The number of imide groups is 1. The highest BCUT2D eigenvalue weighted by Crippen LogP contribution is 2.32. The number of carbonyl (C=O) groups is 3. The normalized spacial score (nSPS) is 14.5. The molecule has 0 saturated heterocycles. The Morgan fingerprint density at radius 3 is 2.24 bits per heavy atom. The predicted octanol–water partition coefficient (Wildman–Crippen LogP) is 0.520. The van der Waals surface area contributed by atoms with Crippen molar-refractivity contribution in [3.63, 3.8) is 0 Å². The topological polar surface area (TPSA) is 94.9 Å². The second-order valence-corrected chi connectivity index (χ2v) is 3.32. The van der Waals surface area contributed by atoms with Gasteiger partial charge in [-0.1, -0.05) is 6.07 Å². The molecular weight excluding hydrogens is 226 g/mol. The molecule has 0 spiro atoms. The molecule has 1 aliphatic heterocycles. The molecule has 0 atom stereocenters. The highest BCUT2D eigenvalue weighted by molar-refractivity contribution is 6.28. The minimum Gasteiger partial charge on any atom is -0.505 e. The number of aromatic hydroxyl groups is 1. The molecule has 0 unspecified atom stereocenters. The molecule has 0 aliphatic carbocycles. The molecule has 0 radical (unpaired) electrons. The molecule has 1 heterocycles. The monoisotopic (exact) mass is 233 g/mol. The maximum atomic E-state index is 11.4. The molecule has 86 valence electrons. The quantitative estimate of drug-likeness (QED) is 0.726.